The lowest BCUT2D eigenvalue weighted by Crippen LogP contribution is -2.29. The van der Waals surface area contributed by atoms with Gasteiger partial charge in [0.1, 0.15) is 5.75 Å². The highest BCUT2D eigenvalue weighted by atomic mass is 19.4. The van der Waals surface area contributed by atoms with E-state index in [0.29, 0.717) is 0 Å². The molecule has 3 nitrogen and oxygen atoms in total. The van der Waals surface area contributed by atoms with Gasteiger partial charge in [0.25, 0.3) is 5.91 Å². The smallest absolute Gasteiger partial charge is 0.419 e. The summed E-state index contributed by atoms with van der Waals surface area (Å²) in [5.41, 5.74) is -0.922. The lowest BCUT2D eigenvalue weighted by molar-refractivity contribution is -0.139. The summed E-state index contributed by atoms with van der Waals surface area (Å²) in [5.74, 6) is 1.20. The van der Waals surface area contributed by atoms with E-state index >= 15 is 0 Å². The van der Waals surface area contributed by atoms with Crippen LogP contribution in [0.1, 0.15) is 5.56 Å². The number of benzene rings is 1. The number of amides is 1. The molecule has 0 atom stereocenters. The molecule has 0 aromatic heterocycles. The minimum absolute atomic E-state index is 0.00309. The Morgan fingerprint density at radius 3 is 2.67 bits per heavy atom. The molecular formula is C12H10F3NO2. The summed E-state index contributed by atoms with van der Waals surface area (Å²) in [6, 6.07) is 4.67. The van der Waals surface area contributed by atoms with Gasteiger partial charge >= 0.3 is 6.18 Å². The van der Waals surface area contributed by atoms with Crippen molar-refractivity contribution in [3.05, 3.63) is 29.8 Å². The van der Waals surface area contributed by atoms with E-state index < -0.39 is 24.3 Å². The minimum atomic E-state index is -4.52. The van der Waals surface area contributed by atoms with Crippen molar-refractivity contribution in [3.8, 4) is 18.1 Å². The van der Waals surface area contributed by atoms with E-state index in [-0.39, 0.29) is 12.3 Å². The zero-order valence-electron chi connectivity index (χ0n) is 9.25. The summed E-state index contributed by atoms with van der Waals surface area (Å²) in [7, 11) is 0. The van der Waals surface area contributed by atoms with Crippen LogP contribution in [0, 0.1) is 12.3 Å². The van der Waals surface area contributed by atoms with Gasteiger partial charge in [0.05, 0.1) is 12.1 Å². The second kappa shape index (κ2) is 5.96. The predicted octanol–water partition coefficient (Wildman–Crippen LogP) is 1.83. The highest BCUT2D eigenvalue weighted by Gasteiger charge is 2.34. The molecule has 0 radical (unpaired) electrons. The van der Waals surface area contributed by atoms with Gasteiger partial charge < -0.3 is 10.1 Å². The maximum Gasteiger partial charge on any atom is 0.419 e. The van der Waals surface area contributed by atoms with Crippen LogP contribution in [0.2, 0.25) is 0 Å². The molecule has 0 saturated heterocycles. The summed E-state index contributed by atoms with van der Waals surface area (Å²) in [6.07, 6.45) is 0.389. The first-order chi connectivity index (χ1) is 8.45. The van der Waals surface area contributed by atoms with Crippen molar-refractivity contribution < 1.29 is 22.7 Å². The molecular weight excluding hydrogens is 247 g/mol. The largest absolute Gasteiger partial charge is 0.483 e. The van der Waals surface area contributed by atoms with Crippen molar-refractivity contribution in [3.63, 3.8) is 0 Å². The predicted molar refractivity (Wildman–Crippen MR) is 58.8 cm³/mol. The maximum atomic E-state index is 12.6. The highest BCUT2D eigenvalue weighted by molar-refractivity contribution is 5.77. The SMILES string of the molecule is C#CCNC(=O)COc1ccccc1C(F)(F)F. The number of carbonyl (C=O) groups is 1. The first-order valence-corrected chi connectivity index (χ1v) is 4.94. The third kappa shape index (κ3) is 4.01. The minimum Gasteiger partial charge on any atom is -0.483 e. The van der Waals surface area contributed by atoms with Crippen LogP contribution in [-0.4, -0.2) is 19.1 Å². The molecule has 96 valence electrons. The first kappa shape index (κ1) is 13.9. The molecule has 1 rings (SSSR count). The second-order valence-electron chi connectivity index (χ2n) is 3.26. The van der Waals surface area contributed by atoms with Gasteiger partial charge in [0.2, 0.25) is 0 Å². The van der Waals surface area contributed by atoms with Crippen LogP contribution in [0.15, 0.2) is 24.3 Å². The number of ether oxygens (including phenoxy) is 1. The number of rotatable bonds is 4. The number of halogens is 3. The number of hydrogen-bond donors (Lipinski definition) is 1. The van der Waals surface area contributed by atoms with E-state index in [1.165, 1.54) is 12.1 Å². The van der Waals surface area contributed by atoms with Crippen LogP contribution in [0.4, 0.5) is 13.2 Å². The third-order valence-electron chi connectivity index (χ3n) is 1.94. The average molecular weight is 257 g/mol. The van der Waals surface area contributed by atoms with Crippen molar-refractivity contribution in [2.24, 2.45) is 0 Å². The molecule has 0 spiro atoms. The number of nitrogens with one attached hydrogen (secondary N) is 1. The summed E-state index contributed by atoms with van der Waals surface area (Å²) in [6.45, 7) is -0.516. The molecule has 0 saturated carbocycles. The molecule has 1 aromatic rings. The van der Waals surface area contributed by atoms with Crippen molar-refractivity contribution in [1.82, 2.24) is 5.32 Å². The molecule has 1 N–H and O–H groups in total. The van der Waals surface area contributed by atoms with E-state index in [0.717, 1.165) is 12.1 Å². The summed E-state index contributed by atoms with van der Waals surface area (Å²) in [5, 5.41) is 2.28. The summed E-state index contributed by atoms with van der Waals surface area (Å²) in [4.78, 5) is 11.1. The van der Waals surface area contributed by atoms with Gasteiger partial charge in [-0.25, -0.2) is 0 Å². The lowest BCUT2D eigenvalue weighted by atomic mass is 10.2. The molecule has 0 aliphatic heterocycles. The Morgan fingerprint density at radius 2 is 2.06 bits per heavy atom. The zero-order chi connectivity index (χ0) is 13.6. The monoisotopic (exact) mass is 257 g/mol. The summed E-state index contributed by atoms with van der Waals surface area (Å²) >= 11 is 0. The van der Waals surface area contributed by atoms with Crippen molar-refractivity contribution >= 4 is 5.91 Å². The third-order valence-corrected chi connectivity index (χ3v) is 1.94. The van der Waals surface area contributed by atoms with Crippen molar-refractivity contribution in [2.75, 3.05) is 13.2 Å². The van der Waals surface area contributed by atoms with Crippen LogP contribution >= 0.6 is 0 Å². The van der Waals surface area contributed by atoms with E-state index in [2.05, 4.69) is 11.2 Å². The number of alkyl halides is 3. The van der Waals surface area contributed by atoms with Gasteiger partial charge in [-0.1, -0.05) is 18.1 Å². The maximum absolute atomic E-state index is 12.6. The van der Waals surface area contributed by atoms with E-state index in [9.17, 15) is 18.0 Å². The Kier molecular flexibility index (Phi) is 4.60. The van der Waals surface area contributed by atoms with Gasteiger partial charge in [-0.2, -0.15) is 13.2 Å². The molecule has 0 unspecified atom stereocenters. The normalized spacial score (nSPS) is 10.6. The fourth-order valence-electron chi connectivity index (χ4n) is 1.17. The molecule has 1 amide bonds. The van der Waals surface area contributed by atoms with Crippen LogP contribution < -0.4 is 10.1 Å². The lowest BCUT2D eigenvalue weighted by Gasteiger charge is -2.13. The van der Waals surface area contributed by atoms with Crippen LogP contribution in [0.3, 0.4) is 0 Å². The Bertz CT molecular complexity index is 463. The van der Waals surface area contributed by atoms with Gasteiger partial charge in [0.15, 0.2) is 6.61 Å². The van der Waals surface area contributed by atoms with Gasteiger partial charge in [-0.05, 0) is 12.1 Å². The van der Waals surface area contributed by atoms with E-state index in [4.69, 9.17) is 11.2 Å². The quantitative estimate of drug-likeness (QED) is 0.836. The Hall–Kier alpha value is -2.16. The molecule has 0 fully saturated rings. The molecule has 0 aliphatic rings. The fourth-order valence-corrected chi connectivity index (χ4v) is 1.17. The standard InChI is InChI=1S/C12H10F3NO2/c1-2-7-16-11(17)8-18-10-6-4-3-5-9(10)12(13,14)15/h1,3-6H,7-8H2,(H,16,17). The summed E-state index contributed by atoms with van der Waals surface area (Å²) < 4.78 is 42.5. The average Bonchev–Trinajstić information content (AvgIpc) is 2.33. The van der Waals surface area contributed by atoms with Crippen molar-refractivity contribution in [2.45, 2.75) is 6.18 Å². The van der Waals surface area contributed by atoms with Crippen LogP contribution in [-0.2, 0) is 11.0 Å². The van der Waals surface area contributed by atoms with Crippen molar-refractivity contribution in [1.29, 1.82) is 0 Å². The van der Waals surface area contributed by atoms with E-state index in [1.807, 2.05) is 0 Å². The first-order valence-electron chi connectivity index (χ1n) is 4.94. The van der Waals surface area contributed by atoms with Gasteiger partial charge in [-0.15, -0.1) is 6.42 Å². The zero-order valence-corrected chi connectivity index (χ0v) is 9.25. The fraction of sp³-hybridized carbons (Fsp3) is 0.250. The van der Waals surface area contributed by atoms with Gasteiger partial charge in [0, 0.05) is 0 Å². The van der Waals surface area contributed by atoms with Crippen LogP contribution in [0.5, 0.6) is 5.75 Å². The van der Waals surface area contributed by atoms with Crippen LogP contribution in [0.25, 0.3) is 0 Å². The number of carbonyl (C=O) groups excluding carboxylic acids is 1. The molecule has 18 heavy (non-hydrogen) atoms. The van der Waals surface area contributed by atoms with Gasteiger partial charge in [-0.3, -0.25) is 4.79 Å². The second-order valence-corrected chi connectivity index (χ2v) is 3.26. The highest BCUT2D eigenvalue weighted by Crippen LogP contribution is 2.35. The number of hydrogen-bond acceptors (Lipinski definition) is 2. The molecule has 6 heteroatoms. The number of para-hydroxylation sites is 1. The molecule has 1 aromatic carbocycles. The van der Waals surface area contributed by atoms with E-state index in [1.54, 1.807) is 0 Å². The molecule has 0 bridgehead atoms. The topological polar surface area (TPSA) is 38.3 Å². The Morgan fingerprint density at radius 1 is 1.39 bits per heavy atom. The molecule has 0 aliphatic carbocycles. The Balaban J connectivity index is 2.68. The molecule has 0 heterocycles. The Labute approximate surface area is 102 Å². The number of terminal acetylenes is 1.